The minimum atomic E-state index is -0.874. The molecule has 18 heavy (non-hydrogen) atoms. The first-order valence-corrected chi connectivity index (χ1v) is 5.78. The van der Waals surface area contributed by atoms with Crippen molar-refractivity contribution in [3.8, 4) is 0 Å². The molecule has 0 unspecified atom stereocenters. The molecule has 1 heterocycles. The normalized spacial score (nSPS) is 11.3. The highest BCUT2D eigenvalue weighted by Gasteiger charge is 2.21. The van der Waals surface area contributed by atoms with Gasteiger partial charge in [0.25, 0.3) is 5.91 Å². The number of nitrogens with one attached hydrogen (secondary N) is 1. The Kier molecular flexibility index (Phi) is 4.47. The summed E-state index contributed by atoms with van der Waals surface area (Å²) >= 11 is 0. The first kappa shape index (κ1) is 14.2. The third-order valence-electron chi connectivity index (χ3n) is 2.33. The molecule has 0 bridgehead atoms. The van der Waals surface area contributed by atoms with Crippen LogP contribution < -0.4 is 5.32 Å². The maximum Gasteiger partial charge on any atom is 0.303 e. The lowest BCUT2D eigenvalue weighted by Gasteiger charge is -2.12. The monoisotopic (exact) mass is 254 g/mol. The second-order valence-electron chi connectivity index (χ2n) is 5.08. The highest BCUT2D eigenvalue weighted by Crippen LogP contribution is 2.22. The van der Waals surface area contributed by atoms with Gasteiger partial charge in [0, 0.05) is 24.4 Å². The summed E-state index contributed by atoms with van der Waals surface area (Å²) in [4.78, 5) is 21.9. The summed E-state index contributed by atoms with van der Waals surface area (Å²) in [6, 6.07) is 1.60. The van der Waals surface area contributed by atoms with Crippen molar-refractivity contribution in [2.24, 2.45) is 0 Å². The first-order chi connectivity index (χ1) is 8.30. The number of nitrogens with zero attached hydrogens (tertiary/aromatic N) is 1. The number of amides is 1. The van der Waals surface area contributed by atoms with Gasteiger partial charge in [-0.15, -0.1) is 0 Å². The van der Waals surface area contributed by atoms with Crippen LogP contribution in [0, 0.1) is 0 Å². The van der Waals surface area contributed by atoms with Gasteiger partial charge in [-0.25, -0.2) is 0 Å². The lowest BCUT2D eigenvalue weighted by Crippen LogP contribution is -2.25. The summed E-state index contributed by atoms with van der Waals surface area (Å²) in [5.74, 6) is -0.585. The van der Waals surface area contributed by atoms with Crippen LogP contribution in [0.2, 0.25) is 0 Å². The summed E-state index contributed by atoms with van der Waals surface area (Å²) in [5.41, 5.74) is 0.0183. The third-order valence-corrected chi connectivity index (χ3v) is 2.33. The predicted octanol–water partition coefficient (Wildman–Crippen LogP) is 1.57. The fraction of sp³-hybridized carbons (Fsp3) is 0.583. The molecule has 1 aromatic rings. The zero-order chi connectivity index (χ0) is 13.8. The van der Waals surface area contributed by atoms with Gasteiger partial charge in [-0.3, -0.25) is 9.59 Å². The smallest absolute Gasteiger partial charge is 0.303 e. The third kappa shape index (κ3) is 4.20. The molecule has 0 aliphatic rings. The Morgan fingerprint density at radius 3 is 2.61 bits per heavy atom. The van der Waals surface area contributed by atoms with Crippen molar-refractivity contribution < 1.29 is 19.2 Å². The molecule has 0 fully saturated rings. The standard InChI is InChI=1S/C12H18N2O4/c1-12(2,3)9-7-8(14-18-9)11(17)13-6-4-5-10(15)16/h7H,4-6H2,1-3H3,(H,13,17)(H,15,16). The van der Waals surface area contributed by atoms with E-state index in [9.17, 15) is 9.59 Å². The molecule has 0 aromatic carbocycles. The van der Waals surface area contributed by atoms with E-state index in [0.29, 0.717) is 18.7 Å². The van der Waals surface area contributed by atoms with Gasteiger partial charge in [0.1, 0.15) is 5.76 Å². The Balaban J connectivity index is 2.47. The van der Waals surface area contributed by atoms with E-state index in [-0.39, 0.29) is 23.4 Å². The number of rotatable bonds is 5. The molecule has 0 aliphatic carbocycles. The van der Waals surface area contributed by atoms with E-state index < -0.39 is 5.97 Å². The Bertz CT molecular complexity index is 432. The van der Waals surface area contributed by atoms with E-state index in [1.807, 2.05) is 20.8 Å². The summed E-state index contributed by atoms with van der Waals surface area (Å²) in [6.45, 7) is 6.19. The molecule has 100 valence electrons. The molecule has 0 atom stereocenters. The second-order valence-corrected chi connectivity index (χ2v) is 5.08. The van der Waals surface area contributed by atoms with Gasteiger partial charge < -0.3 is 14.9 Å². The largest absolute Gasteiger partial charge is 0.481 e. The zero-order valence-corrected chi connectivity index (χ0v) is 10.8. The molecule has 1 amide bonds. The van der Waals surface area contributed by atoms with Crippen LogP contribution >= 0.6 is 0 Å². The van der Waals surface area contributed by atoms with Crippen LogP contribution in [0.3, 0.4) is 0 Å². The van der Waals surface area contributed by atoms with E-state index in [0.717, 1.165) is 0 Å². The Morgan fingerprint density at radius 1 is 1.44 bits per heavy atom. The minimum Gasteiger partial charge on any atom is -0.481 e. The Labute approximate surface area is 105 Å². The number of carbonyl (C=O) groups is 2. The molecule has 1 aromatic heterocycles. The fourth-order valence-electron chi connectivity index (χ4n) is 1.27. The SMILES string of the molecule is CC(C)(C)c1cc(C(=O)NCCCC(=O)O)no1. The fourth-order valence-corrected chi connectivity index (χ4v) is 1.27. The van der Waals surface area contributed by atoms with Gasteiger partial charge in [-0.2, -0.15) is 0 Å². The van der Waals surface area contributed by atoms with Gasteiger partial charge >= 0.3 is 5.97 Å². The van der Waals surface area contributed by atoms with Crippen LogP contribution in [0.4, 0.5) is 0 Å². The number of hydrogen-bond acceptors (Lipinski definition) is 4. The topological polar surface area (TPSA) is 92.4 Å². The molecule has 0 radical (unpaired) electrons. The lowest BCUT2D eigenvalue weighted by molar-refractivity contribution is -0.137. The van der Waals surface area contributed by atoms with Crippen molar-refractivity contribution >= 4 is 11.9 Å². The van der Waals surface area contributed by atoms with Gasteiger partial charge in [0.15, 0.2) is 5.69 Å². The quantitative estimate of drug-likeness (QED) is 0.778. The van der Waals surface area contributed by atoms with E-state index in [4.69, 9.17) is 9.63 Å². The maximum atomic E-state index is 11.6. The van der Waals surface area contributed by atoms with Gasteiger partial charge in [0.2, 0.25) is 0 Å². The highest BCUT2D eigenvalue weighted by molar-refractivity contribution is 5.92. The Morgan fingerprint density at radius 2 is 2.11 bits per heavy atom. The summed E-state index contributed by atoms with van der Waals surface area (Å²) in [6.07, 6.45) is 0.428. The van der Waals surface area contributed by atoms with Crippen LogP contribution in [-0.2, 0) is 10.2 Å². The van der Waals surface area contributed by atoms with Crippen LogP contribution in [0.15, 0.2) is 10.6 Å². The average molecular weight is 254 g/mol. The molecular formula is C12H18N2O4. The maximum absolute atomic E-state index is 11.6. The Hall–Kier alpha value is -1.85. The highest BCUT2D eigenvalue weighted by atomic mass is 16.5. The molecule has 6 nitrogen and oxygen atoms in total. The number of aromatic nitrogens is 1. The van der Waals surface area contributed by atoms with Crippen molar-refractivity contribution in [2.45, 2.75) is 39.0 Å². The molecular weight excluding hydrogens is 236 g/mol. The van der Waals surface area contributed by atoms with E-state index in [1.54, 1.807) is 6.07 Å². The van der Waals surface area contributed by atoms with E-state index in [2.05, 4.69) is 10.5 Å². The van der Waals surface area contributed by atoms with Gasteiger partial charge in [0.05, 0.1) is 0 Å². The number of hydrogen-bond donors (Lipinski definition) is 2. The number of carboxylic acids is 1. The molecule has 6 heteroatoms. The van der Waals surface area contributed by atoms with E-state index >= 15 is 0 Å². The van der Waals surface area contributed by atoms with Crippen LogP contribution in [0.25, 0.3) is 0 Å². The van der Waals surface area contributed by atoms with Crippen LogP contribution in [-0.4, -0.2) is 28.7 Å². The second kappa shape index (κ2) is 5.66. The van der Waals surface area contributed by atoms with Crippen LogP contribution in [0.1, 0.15) is 49.9 Å². The van der Waals surface area contributed by atoms with Crippen molar-refractivity contribution in [3.05, 3.63) is 17.5 Å². The molecule has 1 rings (SSSR count). The van der Waals surface area contributed by atoms with Gasteiger partial charge in [-0.05, 0) is 6.42 Å². The molecule has 2 N–H and O–H groups in total. The summed E-state index contributed by atoms with van der Waals surface area (Å²) in [5, 5.41) is 14.7. The predicted molar refractivity (Wildman–Crippen MR) is 64.4 cm³/mol. The molecule has 0 saturated heterocycles. The molecule has 0 spiro atoms. The first-order valence-electron chi connectivity index (χ1n) is 5.78. The van der Waals surface area contributed by atoms with Gasteiger partial charge in [-0.1, -0.05) is 25.9 Å². The minimum absolute atomic E-state index is 0.0341. The van der Waals surface area contributed by atoms with E-state index in [1.165, 1.54) is 0 Å². The lowest BCUT2D eigenvalue weighted by atomic mass is 9.93. The van der Waals surface area contributed by atoms with Crippen molar-refractivity contribution in [3.63, 3.8) is 0 Å². The number of aliphatic carboxylic acids is 1. The number of carboxylic acid groups (broad SMARTS) is 1. The molecule has 0 saturated carbocycles. The summed E-state index contributed by atoms with van der Waals surface area (Å²) < 4.78 is 5.09. The molecule has 0 aliphatic heterocycles. The summed E-state index contributed by atoms with van der Waals surface area (Å²) in [7, 11) is 0. The zero-order valence-electron chi connectivity index (χ0n) is 10.8. The van der Waals surface area contributed by atoms with Crippen molar-refractivity contribution in [1.82, 2.24) is 10.5 Å². The number of carbonyl (C=O) groups excluding carboxylic acids is 1. The van der Waals surface area contributed by atoms with Crippen molar-refractivity contribution in [2.75, 3.05) is 6.54 Å². The van der Waals surface area contributed by atoms with Crippen LogP contribution in [0.5, 0.6) is 0 Å². The van der Waals surface area contributed by atoms with Crippen molar-refractivity contribution in [1.29, 1.82) is 0 Å². The average Bonchev–Trinajstić information content (AvgIpc) is 2.72.